The number of fused-ring (bicyclic) bond motifs is 11. The summed E-state index contributed by atoms with van der Waals surface area (Å²) in [7, 11) is 0. The Morgan fingerprint density at radius 2 is 0.930 bits per heavy atom. The summed E-state index contributed by atoms with van der Waals surface area (Å²) in [6, 6.07) is 66.0. The van der Waals surface area contributed by atoms with Gasteiger partial charge in [0.15, 0.2) is 0 Å². The van der Waals surface area contributed by atoms with E-state index in [1.807, 2.05) is 24.3 Å². The minimum atomic E-state index is 0.862. The molecule has 0 atom stereocenters. The van der Waals surface area contributed by atoms with E-state index in [-0.39, 0.29) is 0 Å². The van der Waals surface area contributed by atoms with Crippen LogP contribution in [0.1, 0.15) is 0 Å². The van der Waals surface area contributed by atoms with Gasteiger partial charge in [-0.15, -0.1) is 0 Å². The van der Waals surface area contributed by atoms with Crippen molar-refractivity contribution in [1.82, 2.24) is 15.0 Å². The first-order chi connectivity index (χ1) is 28.2. The zero-order valence-corrected chi connectivity index (χ0v) is 30.6. The van der Waals surface area contributed by atoms with Crippen molar-refractivity contribution in [2.45, 2.75) is 0 Å². The molecule has 4 aromatic heterocycles. The van der Waals surface area contributed by atoms with Gasteiger partial charge in [-0.1, -0.05) is 146 Å². The van der Waals surface area contributed by atoms with Crippen LogP contribution in [-0.2, 0) is 0 Å². The fourth-order valence-corrected chi connectivity index (χ4v) is 8.75. The molecule has 0 saturated heterocycles. The van der Waals surface area contributed by atoms with E-state index in [1.54, 1.807) is 0 Å². The van der Waals surface area contributed by atoms with Crippen LogP contribution in [0.3, 0.4) is 0 Å². The minimum Gasteiger partial charge on any atom is -0.456 e. The first-order valence-corrected chi connectivity index (χ1v) is 19.3. The number of pyridine rings is 3. The smallest absolute Gasteiger partial charge is 0.136 e. The lowest BCUT2D eigenvalue weighted by Crippen LogP contribution is -1.92. The van der Waals surface area contributed by atoms with Gasteiger partial charge in [0, 0.05) is 54.4 Å². The van der Waals surface area contributed by atoms with Gasteiger partial charge in [-0.25, -0.2) is 15.0 Å². The molecule has 0 amide bonds. The van der Waals surface area contributed by atoms with Crippen molar-refractivity contribution < 1.29 is 4.42 Å². The lowest BCUT2D eigenvalue weighted by molar-refractivity contribution is 0.669. The molecule has 12 aromatic rings. The average Bonchev–Trinajstić information content (AvgIpc) is 3.67. The predicted octanol–water partition coefficient (Wildman–Crippen LogP) is 14.2. The summed E-state index contributed by atoms with van der Waals surface area (Å²) in [5, 5.41) is 10.0. The summed E-state index contributed by atoms with van der Waals surface area (Å²) < 4.78 is 6.57. The van der Waals surface area contributed by atoms with Gasteiger partial charge in [0.1, 0.15) is 11.2 Å². The molecule has 0 aliphatic carbocycles. The monoisotopic (exact) mass is 725 g/mol. The summed E-state index contributed by atoms with van der Waals surface area (Å²) in [4.78, 5) is 15.7. The van der Waals surface area contributed by atoms with E-state index in [4.69, 9.17) is 19.4 Å². The summed E-state index contributed by atoms with van der Waals surface area (Å²) in [6.45, 7) is 0. The van der Waals surface area contributed by atoms with Crippen LogP contribution >= 0.6 is 0 Å². The highest BCUT2D eigenvalue weighted by molar-refractivity contribution is 6.28. The van der Waals surface area contributed by atoms with Gasteiger partial charge < -0.3 is 4.42 Å². The van der Waals surface area contributed by atoms with Gasteiger partial charge in [-0.3, -0.25) is 0 Å². The van der Waals surface area contributed by atoms with Crippen molar-refractivity contribution in [2.75, 3.05) is 0 Å². The number of rotatable bonds is 4. The van der Waals surface area contributed by atoms with Crippen LogP contribution in [0.4, 0.5) is 0 Å². The molecule has 8 aromatic carbocycles. The zero-order chi connectivity index (χ0) is 37.5. The van der Waals surface area contributed by atoms with Crippen LogP contribution < -0.4 is 0 Å². The van der Waals surface area contributed by atoms with Crippen LogP contribution in [0.2, 0.25) is 0 Å². The molecule has 0 spiro atoms. The Hall–Kier alpha value is -7.69. The van der Waals surface area contributed by atoms with Crippen LogP contribution in [0, 0.1) is 0 Å². The molecular formula is C53H31N3O. The third kappa shape index (κ3) is 4.98. The molecule has 0 radical (unpaired) electrons. The second-order valence-corrected chi connectivity index (χ2v) is 14.7. The highest BCUT2D eigenvalue weighted by Gasteiger charge is 2.19. The second kappa shape index (κ2) is 12.4. The Bertz CT molecular complexity index is 3570. The van der Waals surface area contributed by atoms with Gasteiger partial charge in [-0.2, -0.15) is 0 Å². The third-order valence-electron chi connectivity index (χ3n) is 11.4. The Labute approximate surface area is 327 Å². The molecule has 57 heavy (non-hydrogen) atoms. The summed E-state index contributed by atoms with van der Waals surface area (Å²) in [5.41, 5.74) is 12.9. The van der Waals surface area contributed by atoms with Crippen LogP contribution in [0.5, 0.6) is 0 Å². The van der Waals surface area contributed by atoms with Gasteiger partial charge in [-0.05, 0) is 64.4 Å². The van der Waals surface area contributed by atoms with Crippen LogP contribution in [-0.4, -0.2) is 15.0 Å². The molecule has 12 rings (SSSR count). The molecule has 0 aliphatic heterocycles. The number of nitrogens with zero attached hydrogens (tertiary/aromatic N) is 3. The maximum Gasteiger partial charge on any atom is 0.136 e. The van der Waals surface area contributed by atoms with Gasteiger partial charge in [0.2, 0.25) is 0 Å². The lowest BCUT2D eigenvalue weighted by Gasteiger charge is -2.13. The maximum absolute atomic E-state index is 6.57. The van der Waals surface area contributed by atoms with E-state index in [9.17, 15) is 0 Å². The molecule has 4 nitrogen and oxygen atoms in total. The largest absolute Gasteiger partial charge is 0.456 e. The fraction of sp³-hybridized carbons (Fsp3) is 0. The van der Waals surface area contributed by atoms with E-state index in [0.717, 1.165) is 121 Å². The van der Waals surface area contributed by atoms with Crippen molar-refractivity contribution in [1.29, 1.82) is 0 Å². The quantitative estimate of drug-likeness (QED) is 0.170. The van der Waals surface area contributed by atoms with Crippen LogP contribution in [0.25, 0.3) is 121 Å². The fourth-order valence-electron chi connectivity index (χ4n) is 8.75. The first-order valence-electron chi connectivity index (χ1n) is 19.3. The van der Waals surface area contributed by atoms with Gasteiger partial charge in [0.25, 0.3) is 0 Å². The topological polar surface area (TPSA) is 51.8 Å². The molecule has 4 heteroatoms. The number of hydrogen-bond donors (Lipinski definition) is 0. The first kappa shape index (κ1) is 31.6. The summed E-state index contributed by atoms with van der Waals surface area (Å²) in [6.07, 6.45) is 0. The number of benzene rings is 8. The van der Waals surface area contributed by atoms with Crippen molar-refractivity contribution >= 4 is 76.2 Å². The number of hydrogen-bond acceptors (Lipinski definition) is 4. The highest BCUT2D eigenvalue weighted by Crippen LogP contribution is 2.43. The zero-order valence-electron chi connectivity index (χ0n) is 30.6. The normalized spacial score (nSPS) is 11.9. The van der Waals surface area contributed by atoms with E-state index >= 15 is 0 Å². The molecule has 4 heterocycles. The predicted molar refractivity (Wildman–Crippen MR) is 236 cm³/mol. The van der Waals surface area contributed by atoms with E-state index in [2.05, 4.69) is 164 Å². The van der Waals surface area contributed by atoms with Crippen molar-refractivity contribution in [3.05, 3.63) is 188 Å². The molecule has 0 saturated carbocycles. The number of furan rings is 1. The standard InChI is InChI=1S/C53H31N3O/c1-3-11-32(12-4-1)44-27-21-34-19-20-35-22-28-46(56-53(35)52(34)54-44)40-25-24-37(38-15-7-8-16-39(38)40)36-23-29-47-43(31-36)50-48(57-47)30-26-42-49(50)41-17-9-10-18-45(41)55-51(42)33-13-5-2-6-14-33/h1-31H. The number of para-hydroxylation sites is 1. The molecule has 0 bridgehead atoms. The summed E-state index contributed by atoms with van der Waals surface area (Å²) in [5.74, 6) is 0. The van der Waals surface area contributed by atoms with Gasteiger partial charge >= 0.3 is 0 Å². The average molecular weight is 726 g/mol. The minimum absolute atomic E-state index is 0.862. The number of aromatic nitrogens is 3. The van der Waals surface area contributed by atoms with Gasteiger partial charge in [0.05, 0.1) is 33.6 Å². The van der Waals surface area contributed by atoms with Crippen LogP contribution in [0.15, 0.2) is 192 Å². The van der Waals surface area contributed by atoms with E-state index in [1.165, 1.54) is 0 Å². The SMILES string of the molecule is c1ccc(-c2ccc3ccc4ccc(-c5ccc(-c6ccc7oc8ccc9c(-c%10ccccc%10)nc%10ccccc%10c9c8c7c6)c6ccccc56)nc4c3n2)cc1. The molecule has 0 fully saturated rings. The molecular weight excluding hydrogens is 695 g/mol. The molecule has 0 N–H and O–H groups in total. The third-order valence-corrected chi connectivity index (χ3v) is 11.4. The van der Waals surface area contributed by atoms with E-state index in [0.29, 0.717) is 0 Å². The molecule has 0 unspecified atom stereocenters. The maximum atomic E-state index is 6.57. The molecule has 264 valence electrons. The Morgan fingerprint density at radius 3 is 1.70 bits per heavy atom. The Balaban J connectivity index is 1.05. The highest BCUT2D eigenvalue weighted by atomic mass is 16.3. The second-order valence-electron chi connectivity index (χ2n) is 14.7. The lowest BCUT2D eigenvalue weighted by atomic mass is 9.92. The molecule has 0 aliphatic rings. The Kier molecular flexibility index (Phi) is 6.89. The van der Waals surface area contributed by atoms with Crippen molar-refractivity contribution in [2.24, 2.45) is 0 Å². The summed E-state index contributed by atoms with van der Waals surface area (Å²) >= 11 is 0. The Morgan fingerprint density at radius 1 is 0.333 bits per heavy atom. The van der Waals surface area contributed by atoms with Crippen molar-refractivity contribution in [3.63, 3.8) is 0 Å². The van der Waals surface area contributed by atoms with Crippen molar-refractivity contribution in [3.8, 4) is 44.9 Å². The van der Waals surface area contributed by atoms with E-state index < -0.39 is 0 Å².